The molecule has 1 atom stereocenters. The summed E-state index contributed by atoms with van der Waals surface area (Å²) in [6.45, 7) is 2.41. The van der Waals surface area contributed by atoms with Crippen LogP contribution in [0.4, 0.5) is 5.69 Å². The van der Waals surface area contributed by atoms with Gasteiger partial charge in [0.2, 0.25) is 5.91 Å². The second-order valence-corrected chi connectivity index (χ2v) is 6.74. The van der Waals surface area contributed by atoms with Crippen LogP contribution in [0.25, 0.3) is 0 Å². The summed E-state index contributed by atoms with van der Waals surface area (Å²) < 4.78 is 10.6. The number of hydrogen-bond donors (Lipinski definition) is 1. The lowest BCUT2D eigenvalue weighted by Gasteiger charge is -2.24. The first-order valence-corrected chi connectivity index (χ1v) is 8.78. The SMILES string of the molecule is COc1ccc(CN(C)[C@H](C)C(=O)Nc2ccc(Cl)cc2Cl)cc1OC. The van der Waals surface area contributed by atoms with Crippen LogP contribution in [-0.2, 0) is 11.3 Å². The molecule has 7 heteroatoms. The number of rotatable bonds is 7. The van der Waals surface area contributed by atoms with Crippen LogP contribution in [-0.4, -0.2) is 38.1 Å². The molecule has 140 valence electrons. The minimum absolute atomic E-state index is 0.155. The second-order valence-electron chi connectivity index (χ2n) is 5.89. The maximum atomic E-state index is 12.5. The molecule has 2 aromatic carbocycles. The first kappa shape index (κ1) is 20.4. The van der Waals surface area contributed by atoms with E-state index in [-0.39, 0.29) is 11.9 Å². The van der Waals surface area contributed by atoms with E-state index in [4.69, 9.17) is 32.7 Å². The lowest BCUT2D eigenvalue weighted by molar-refractivity contribution is -0.120. The maximum Gasteiger partial charge on any atom is 0.241 e. The smallest absolute Gasteiger partial charge is 0.241 e. The van der Waals surface area contributed by atoms with E-state index in [1.165, 1.54) is 0 Å². The van der Waals surface area contributed by atoms with Gasteiger partial charge in [-0.05, 0) is 49.9 Å². The third-order valence-corrected chi connectivity index (χ3v) is 4.66. The average Bonchev–Trinajstić information content (AvgIpc) is 2.63. The van der Waals surface area contributed by atoms with Crippen LogP contribution in [0.15, 0.2) is 36.4 Å². The first-order chi connectivity index (χ1) is 12.3. The van der Waals surface area contributed by atoms with Crippen molar-refractivity contribution in [2.24, 2.45) is 0 Å². The van der Waals surface area contributed by atoms with Crippen LogP contribution in [0.1, 0.15) is 12.5 Å². The normalized spacial score (nSPS) is 12.0. The predicted octanol–water partition coefficient (Wildman–Crippen LogP) is 4.47. The quantitative estimate of drug-likeness (QED) is 0.749. The van der Waals surface area contributed by atoms with Gasteiger partial charge in [-0.1, -0.05) is 29.3 Å². The molecular formula is C19H22Cl2N2O3. The number of methoxy groups -OCH3 is 2. The summed E-state index contributed by atoms with van der Waals surface area (Å²) >= 11 is 12.0. The van der Waals surface area contributed by atoms with E-state index in [2.05, 4.69) is 5.32 Å². The molecule has 0 saturated heterocycles. The zero-order valence-electron chi connectivity index (χ0n) is 15.2. The van der Waals surface area contributed by atoms with Crippen molar-refractivity contribution in [3.8, 4) is 11.5 Å². The Balaban J connectivity index is 2.04. The Bertz CT molecular complexity index is 783. The van der Waals surface area contributed by atoms with Crippen molar-refractivity contribution in [2.45, 2.75) is 19.5 Å². The standard InChI is InChI=1S/C19H22Cl2N2O3/c1-12(19(24)22-16-7-6-14(20)10-15(16)21)23(2)11-13-5-8-17(25-3)18(9-13)26-4/h5-10,12H,11H2,1-4H3,(H,22,24)/t12-/m1/s1. The Morgan fingerprint density at radius 1 is 1.12 bits per heavy atom. The van der Waals surface area contributed by atoms with E-state index < -0.39 is 0 Å². The van der Waals surface area contributed by atoms with Crippen LogP contribution in [0, 0.1) is 0 Å². The summed E-state index contributed by atoms with van der Waals surface area (Å²) in [5.74, 6) is 1.17. The fourth-order valence-corrected chi connectivity index (χ4v) is 2.89. The van der Waals surface area contributed by atoms with E-state index >= 15 is 0 Å². The molecule has 0 aliphatic heterocycles. The van der Waals surface area contributed by atoms with Crippen molar-refractivity contribution >= 4 is 34.8 Å². The third-order valence-electron chi connectivity index (χ3n) is 4.11. The fraction of sp³-hybridized carbons (Fsp3) is 0.316. The number of carbonyl (C=O) groups excluding carboxylic acids is 1. The topological polar surface area (TPSA) is 50.8 Å². The number of amides is 1. The summed E-state index contributed by atoms with van der Waals surface area (Å²) in [5, 5.41) is 3.75. The first-order valence-electron chi connectivity index (χ1n) is 8.02. The Morgan fingerprint density at radius 3 is 2.42 bits per heavy atom. The molecule has 5 nitrogen and oxygen atoms in total. The summed E-state index contributed by atoms with van der Waals surface area (Å²) in [6, 6.07) is 10.3. The molecule has 0 saturated carbocycles. The minimum atomic E-state index is -0.366. The van der Waals surface area contributed by atoms with Gasteiger partial charge in [0.25, 0.3) is 0 Å². The molecule has 0 unspecified atom stereocenters. The van der Waals surface area contributed by atoms with Crippen molar-refractivity contribution in [2.75, 3.05) is 26.6 Å². The van der Waals surface area contributed by atoms with Gasteiger partial charge >= 0.3 is 0 Å². The molecular weight excluding hydrogens is 375 g/mol. The van der Waals surface area contributed by atoms with Crippen molar-refractivity contribution in [1.82, 2.24) is 4.90 Å². The van der Waals surface area contributed by atoms with Crippen LogP contribution in [0.3, 0.4) is 0 Å². The lowest BCUT2D eigenvalue weighted by atomic mass is 10.1. The number of nitrogens with one attached hydrogen (secondary N) is 1. The molecule has 2 rings (SSSR count). The number of nitrogens with zero attached hydrogens (tertiary/aromatic N) is 1. The van der Waals surface area contributed by atoms with Crippen molar-refractivity contribution in [3.05, 3.63) is 52.0 Å². The summed E-state index contributed by atoms with van der Waals surface area (Å²) in [4.78, 5) is 14.4. The van der Waals surface area contributed by atoms with Gasteiger partial charge in [0.15, 0.2) is 11.5 Å². The van der Waals surface area contributed by atoms with Crippen LogP contribution < -0.4 is 14.8 Å². The Hall–Kier alpha value is -1.95. The highest BCUT2D eigenvalue weighted by Crippen LogP contribution is 2.28. The van der Waals surface area contributed by atoms with Gasteiger partial charge in [0, 0.05) is 11.6 Å². The van der Waals surface area contributed by atoms with Gasteiger partial charge in [-0.3, -0.25) is 9.69 Å². The van der Waals surface area contributed by atoms with E-state index in [9.17, 15) is 4.79 Å². The van der Waals surface area contributed by atoms with Crippen LogP contribution in [0.2, 0.25) is 10.0 Å². The largest absolute Gasteiger partial charge is 0.493 e. The van der Waals surface area contributed by atoms with Gasteiger partial charge in [-0.2, -0.15) is 0 Å². The summed E-state index contributed by atoms with van der Waals surface area (Å²) in [7, 11) is 5.07. The molecule has 1 N–H and O–H groups in total. The maximum absolute atomic E-state index is 12.5. The van der Waals surface area contributed by atoms with Crippen LogP contribution >= 0.6 is 23.2 Å². The number of likely N-dealkylation sites (N-methyl/N-ethyl adjacent to an activating group) is 1. The fourth-order valence-electron chi connectivity index (χ4n) is 2.43. The molecule has 0 bridgehead atoms. The van der Waals surface area contributed by atoms with Crippen molar-refractivity contribution in [1.29, 1.82) is 0 Å². The molecule has 0 aromatic heterocycles. The highest BCUT2D eigenvalue weighted by atomic mass is 35.5. The second kappa shape index (κ2) is 9.12. The molecule has 0 radical (unpaired) electrons. The number of halogens is 2. The molecule has 0 aliphatic rings. The lowest BCUT2D eigenvalue weighted by Crippen LogP contribution is -2.39. The monoisotopic (exact) mass is 396 g/mol. The van der Waals surface area contributed by atoms with Gasteiger partial charge in [-0.25, -0.2) is 0 Å². The van der Waals surface area contributed by atoms with E-state index in [0.29, 0.717) is 33.8 Å². The average molecular weight is 397 g/mol. The highest BCUT2D eigenvalue weighted by molar-refractivity contribution is 6.36. The minimum Gasteiger partial charge on any atom is -0.493 e. The third kappa shape index (κ3) is 5.04. The number of anilines is 1. The number of ether oxygens (including phenoxy) is 2. The molecule has 0 fully saturated rings. The van der Waals surface area contributed by atoms with Gasteiger partial charge in [-0.15, -0.1) is 0 Å². The predicted molar refractivity (Wildman–Crippen MR) is 106 cm³/mol. The van der Waals surface area contributed by atoms with E-state index in [1.54, 1.807) is 32.4 Å². The molecule has 0 spiro atoms. The molecule has 0 heterocycles. The summed E-state index contributed by atoms with van der Waals surface area (Å²) in [5.41, 5.74) is 1.54. The molecule has 1 amide bonds. The van der Waals surface area contributed by atoms with Gasteiger partial charge < -0.3 is 14.8 Å². The molecule has 0 aliphatic carbocycles. The van der Waals surface area contributed by atoms with E-state index in [0.717, 1.165) is 5.56 Å². The molecule has 26 heavy (non-hydrogen) atoms. The number of carbonyl (C=O) groups is 1. The number of benzene rings is 2. The Labute approximate surface area is 163 Å². The van der Waals surface area contributed by atoms with Gasteiger partial charge in [0.05, 0.1) is 31.0 Å². The van der Waals surface area contributed by atoms with Crippen LogP contribution in [0.5, 0.6) is 11.5 Å². The van der Waals surface area contributed by atoms with E-state index in [1.807, 2.05) is 37.1 Å². The zero-order valence-corrected chi connectivity index (χ0v) is 16.7. The van der Waals surface area contributed by atoms with Crippen molar-refractivity contribution < 1.29 is 14.3 Å². The number of hydrogen-bond acceptors (Lipinski definition) is 4. The Morgan fingerprint density at radius 2 is 1.81 bits per heavy atom. The zero-order chi connectivity index (χ0) is 19.3. The molecule has 2 aromatic rings. The summed E-state index contributed by atoms with van der Waals surface area (Å²) in [6.07, 6.45) is 0. The highest BCUT2D eigenvalue weighted by Gasteiger charge is 2.19. The Kier molecular flexibility index (Phi) is 7.14. The van der Waals surface area contributed by atoms with Gasteiger partial charge in [0.1, 0.15) is 0 Å². The van der Waals surface area contributed by atoms with Crippen molar-refractivity contribution in [3.63, 3.8) is 0 Å².